The van der Waals surface area contributed by atoms with Crippen LogP contribution in [0.5, 0.6) is 5.75 Å². The van der Waals surface area contributed by atoms with Crippen LogP contribution in [0.15, 0.2) is 42.5 Å². The van der Waals surface area contributed by atoms with E-state index in [-0.39, 0.29) is 28.9 Å². The summed E-state index contributed by atoms with van der Waals surface area (Å²) in [7, 11) is 9.45. The fourth-order valence-electron chi connectivity index (χ4n) is 5.51. The summed E-state index contributed by atoms with van der Waals surface area (Å²) in [5.74, 6) is 0.0799. The summed E-state index contributed by atoms with van der Waals surface area (Å²) in [6, 6.07) is 10.7. The lowest BCUT2D eigenvalue weighted by Gasteiger charge is -2.43. The van der Waals surface area contributed by atoms with Gasteiger partial charge in [0.2, 0.25) is 5.91 Å². The monoisotopic (exact) mass is 543 g/mol. The summed E-state index contributed by atoms with van der Waals surface area (Å²) in [4.78, 5) is 29.3. The van der Waals surface area contributed by atoms with Gasteiger partial charge >= 0.3 is 6.18 Å². The number of piperidine rings is 1. The number of likely N-dealkylation sites (tertiary alicyclic amines) is 2. The van der Waals surface area contributed by atoms with E-state index in [1.165, 1.54) is 12.0 Å². The van der Waals surface area contributed by atoms with E-state index < -0.39 is 17.6 Å². The number of ether oxygens (including phenoxy) is 1. The minimum absolute atomic E-state index is 0.0514. The maximum atomic E-state index is 13.0. The molecule has 0 saturated carbocycles. The Balaban J connectivity index is 0.00000134. The number of hydrogen-bond donors (Lipinski definition) is 1. The number of methoxy groups -OCH3 is 1. The van der Waals surface area contributed by atoms with Crippen molar-refractivity contribution in [2.24, 2.45) is 5.41 Å². The normalized spacial score (nSPS) is 18.8. The highest BCUT2D eigenvalue weighted by molar-refractivity contribution is 6.36. The van der Waals surface area contributed by atoms with Gasteiger partial charge in [-0.15, -0.1) is 0 Å². The van der Waals surface area contributed by atoms with Crippen LogP contribution in [0, 0.1) is 5.41 Å². The van der Waals surface area contributed by atoms with Gasteiger partial charge in [0.15, 0.2) is 0 Å². The van der Waals surface area contributed by atoms with Crippen molar-refractivity contribution in [1.82, 2.24) is 15.1 Å². The van der Waals surface area contributed by atoms with Crippen molar-refractivity contribution in [3.05, 3.63) is 59.2 Å². The van der Waals surface area contributed by atoms with E-state index in [4.69, 9.17) is 12.6 Å². The molecular formula is C29H37BF3N3O3. The zero-order chi connectivity index (χ0) is 28.8. The van der Waals surface area contributed by atoms with Crippen LogP contribution in [0.25, 0.3) is 0 Å². The van der Waals surface area contributed by atoms with Crippen molar-refractivity contribution >= 4 is 25.1 Å². The number of likely N-dealkylation sites (N-methyl/N-ethyl adjacent to an activating group) is 1. The van der Waals surface area contributed by atoms with Gasteiger partial charge in [0.25, 0.3) is 5.91 Å². The summed E-state index contributed by atoms with van der Waals surface area (Å²) < 4.78 is 44.3. The van der Waals surface area contributed by atoms with Gasteiger partial charge in [-0.05, 0) is 49.1 Å². The van der Waals surface area contributed by atoms with Crippen molar-refractivity contribution in [2.45, 2.75) is 45.2 Å². The number of nitrogens with one attached hydrogen (secondary N) is 1. The molecule has 39 heavy (non-hydrogen) atoms. The molecule has 2 radical (unpaired) electrons. The smallest absolute Gasteiger partial charge is 0.416 e. The van der Waals surface area contributed by atoms with Gasteiger partial charge in [-0.3, -0.25) is 9.59 Å². The van der Waals surface area contributed by atoms with Crippen LogP contribution in [0.1, 0.15) is 60.5 Å². The fourth-order valence-corrected chi connectivity index (χ4v) is 5.51. The van der Waals surface area contributed by atoms with Crippen LogP contribution in [0.4, 0.5) is 13.2 Å². The van der Waals surface area contributed by atoms with E-state index in [1.54, 1.807) is 12.0 Å². The summed E-state index contributed by atoms with van der Waals surface area (Å²) in [5.41, 5.74) is -0.0433. The van der Waals surface area contributed by atoms with Crippen LogP contribution in [0.3, 0.4) is 0 Å². The quantitative estimate of drug-likeness (QED) is 0.580. The molecule has 6 nitrogen and oxygen atoms in total. The molecule has 2 aromatic carbocycles. The molecule has 2 fully saturated rings. The molecule has 1 N–H and O–H groups in total. The highest BCUT2D eigenvalue weighted by Gasteiger charge is 2.48. The van der Waals surface area contributed by atoms with Crippen LogP contribution in [-0.4, -0.2) is 76.3 Å². The van der Waals surface area contributed by atoms with Crippen molar-refractivity contribution in [2.75, 3.05) is 46.9 Å². The van der Waals surface area contributed by atoms with Crippen LogP contribution >= 0.6 is 0 Å². The van der Waals surface area contributed by atoms with E-state index in [0.717, 1.165) is 43.8 Å². The molecule has 2 saturated heterocycles. The lowest BCUT2D eigenvalue weighted by atomic mass is 9.68. The first-order valence-electron chi connectivity index (χ1n) is 13.3. The summed E-state index contributed by atoms with van der Waals surface area (Å²) >= 11 is 0. The molecule has 4 rings (SSSR count). The molecule has 10 heteroatoms. The molecule has 2 aromatic rings. The second kappa shape index (κ2) is 12.9. The third-order valence-electron chi connectivity index (χ3n) is 7.47. The van der Waals surface area contributed by atoms with Gasteiger partial charge < -0.3 is 19.9 Å². The Hall–Kier alpha value is -3.01. The molecule has 1 spiro atoms. The largest absolute Gasteiger partial charge is 0.497 e. The van der Waals surface area contributed by atoms with Gasteiger partial charge in [0.1, 0.15) is 13.6 Å². The lowest BCUT2D eigenvalue weighted by molar-refractivity contribution is -0.137. The first-order valence-corrected chi connectivity index (χ1v) is 13.3. The second-order valence-electron chi connectivity index (χ2n) is 10.5. The highest BCUT2D eigenvalue weighted by Crippen LogP contribution is 2.49. The van der Waals surface area contributed by atoms with E-state index in [2.05, 4.69) is 43.2 Å². The molecule has 1 atom stereocenters. The molecule has 0 aromatic heterocycles. The summed E-state index contributed by atoms with van der Waals surface area (Å²) in [6.45, 7) is 6.94. The molecule has 1 unspecified atom stereocenters. The Morgan fingerprint density at radius 2 is 1.72 bits per heavy atom. The topological polar surface area (TPSA) is 61.9 Å². The van der Waals surface area contributed by atoms with Crippen molar-refractivity contribution in [3.8, 4) is 5.75 Å². The Kier molecular flexibility index (Phi) is 10.1. The van der Waals surface area contributed by atoms with Crippen molar-refractivity contribution < 1.29 is 27.5 Å². The van der Waals surface area contributed by atoms with Gasteiger partial charge in [-0.1, -0.05) is 50.0 Å². The number of alkyl halides is 3. The number of halogens is 3. The first-order chi connectivity index (χ1) is 18.4. The number of carbonyl (C=O) groups is 2. The van der Waals surface area contributed by atoms with E-state index in [0.29, 0.717) is 25.1 Å². The van der Waals surface area contributed by atoms with Gasteiger partial charge in [0, 0.05) is 37.7 Å². The number of rotatable bonds is 5. The standard InChI is InChI=1S/C26H29BF3N3O3.C3H8/c1-32-15-21(17-3-6-19(36-2)7-4-17)25(16-32)9-11-33(12-10-25)23(34)14-31-24(35)20-13-18(26(28,29)30)5-8-22(20)27;1-3-2/h3-8,13,21H,9-12,14-16H2,1-2H3,(H,31,35);3H2,1-2H3. The highest BCUT2D eigenvalue weighted by atomic mass is 19.4. The zero-order valence-electron chi connectivity index (χ0n) is 23.1. The Bertz CT molecular complexity index is 1130. The zero-order valence-corrected chi connectivity index (χ0v) is 23.1. The predicted molar refractivity (Wildman–Crippen MR) is 147 cm³/mol. The predicted octanol–water partition coefficient (Wildman–Crippen LogP) is 3.99. The number of benzene rings is 2. The maximum absolute atomic E-state index is 13.0. The average Bonchev–Trinajstić information content (AvgIpc) is 3.22. The third-order valence-corrected chi connectivity index (χ3v) is 7.47. The number of carbonyl (C=O) groups excluding carboxylic acids is 2. The molecule has 2 aliphatic rings. The Morgan fingerprint density at radius 3 is 2.28 bits per heavy atom. The lowest BCUT2D eigenvalue weighted by Crippen LogP contribution is -2.48. The summed E-state index contributed by atoms with van der Waals surface area (Å²) in [5, 5.41) is 2.43. The third kappa shape index (κ3) is 7.35. The molecule has 2 amide bonds. The van der Waals surface area contributed by atoms with Crippen LogP contribution in [-0.2, 0) is 11.0 Å². The molecule has 2 aliphatic heterocycles. The second-order valence-corrected chi connectivity index (χ2v) is 10.5. The van der Waals surface area contributed by atoms with Gasteiger partial charge in [-0.2, -0.15) is 13.2 Å². The van der Waals surface area contributed by atoms with E-state index in [1.807, 2.05) is 12.1 Å². The molecule has 0 aliphatic carbocycles. The number of nitrogens with zero attached hydrogens (tertiary/aromatic N) is 2. The Morgan fingerprint density at radius 1 is 1.10 bits per heavy atom. The summed E-state index contributed by atoms with van der Waals surface area (Å²) in [6.07, 6.45) is -1.69. The van der Waals surface area contributed by atoms with E-state index >= 15 is 0 Å². The molecule has 210 valence electrons. The Labute approximate surface area is 230 Å². The minimum Gasteiger partial charge on any atom is -0.497 e. The van der Waals surface area contributed by atoms with Gasteiger partial charge in [-0.25, -0.2) is 0 Å². The van der Waals surface area contributed by atoms with Gasteiger partial charge in [0.05, 0.1) is 19.2 Å². The molecule has 2 heterocycles. The van der Waals surface area contributed by atoms with Crippen LogP contribution < -0.4 is 15.5 Å². The van der Waals surface area contributed by atoms with Crippen molar-refractivity contribution in [1.29, 1.82) is 0 Å². The van der Waals surface area contributed by atoms with E-state index in [9.17, 15) is 22.8 Å². The number of hydrogen-bond acceptors (Lipinski definition) is 4. The minimum atomic E-state index is -4.60. The fraction of sp³-hybridized carbons (Fsp3) is 0.517. The molecular weight excluding hydrogens is 506 g/mol. The van der Waals surface area contributed by atoms with Crippen molar-refractivity contribution in [3.63, 3.8) is 0 Å². The average molecular weight is 543 g/mol. The van der Waals surface area contributed by atoms with Crippen LogP contribution in [0.2, 0.25) is 0 Å². The number of amides is 2. The SMILES string of the molecule is CCC.[B]c1ccc(C(F)(F)F)cc1C(=O)NCC(=O)N1CCC2(CC1)CN(C)CC2c1ccc(OC)cc1. The first kappa shape index (κ1) is 30.5. The maximum Gasteiger partial charge on any atom is 0.416 e. The molecule has 0 bridgehead atoms.